The molecule has 0 unspecified atom stereocenters. The number of carbonyl (C=O) groups is 1. The molecule has 3 heteroatoms. The van der Waals surface area contributed by atoms with Crippen molar-refractivity contribution in [1.29, 1.82) is 0 Å². The van der Waals surface area contributed by atoms with Crippen molar-refractivity contribution in [3.8, 4) is 5.75 Å². The van der Waals surface area contributed by atoms with Gasteiger partial charge in [0.15, 0.2) is 0 Å². The molecule has 0 bridgehead atoms. The summed E-state index contributed by atoms with van der Waals surface area (Å²) in [4.78, 5) is 15.9. The van der Waals surface area contributed by atoms with Crippen LogP contribution in [0.3, 0.4) is 0 Å². The van der Waals surface area contributed by atoms with E-state index in [1.54, 1.807) is 24.3 Å². The van der Waals surface area contributed by atoms with Crippen molar-refractivity contribution < 1.29 is 9.53 Å². The summed E-state index contributed by atoms with van der Waals surface area (Å²) < 4.78 is 5.52. The van der Waals surface area contributed by atoms with Gasteiger partial charge in [0.1, 0.15) is 5.75 Å². The van der Waals surface area contributed by atoms with Gasteiger partial charge in [-0.1, -0.05) is 55.1 Å². The third-order valence-corrected chi connectivity index (χ3v) is 3.57. The minimum atomic E-state index is -0.412. The Hall–Kier alpha value is -3.33. The molecule has 1 heterocycles. The van der Waals surface area contributed by atoms with E-state index in [9.17, 15) is 4.79 Å². The number of rotatable bonds is 5. The molecule has 0 atom stereocenters. The number of hydrogen-bond acceptors (Lipinski definition) is 2. The number of aromatic nitrogens is 1. The Labute approximate surface area is 140 Å². The van der Waals surface area contributed by atoms with Crippen LogP contribution in [-0.4, -0.2) is 11.0 Å². The molecule has 2 aromatic carbocycles. The van der Waals surface area contributed by atoms with E-state index >= 15 is 0 Å². The second-order valence-corrected chi connectivity index (χ2v) is 5.18. The predicted octanol–water partition coefficient (Wildman–Crippen LogP) is 4.80. The van der Waals surface area contributed by atoms with Crippen molar-refractivity contribution in [2.24, 2.45) is 0 Å². The van der Waals surface area contributed by atoms with Crippen LogP contribution >= 0.6 is 0 Å². The summed E-state index contributed by atoms with van der Waals surface area (Å²) >= 11 is 0. The van der Waals surface area contributed by atoms with Crippen molar-refractivity contribution in [3.05, 3.63) is 96.3 Å². The van der Waals surface area contributed by atoms with Crippen LogP contribution in [0.4, 0.5) is 0 Å². The van der Waals surface area contributed by atoms with Gasteiger partial charge in [-0.2, -0.15) is 0 Å². The molecule has 0 radical (unpaired) electrons. The molecule has 0 aliphatic rings. The first-order chi connectivity index (χ1) is 11.8. The number of aromatic amines is 1. The summed E-state index contributed by atoms with van der Waals surface area (Å²) in [5, 5.41) is 0. The third-order valence-electron chi connectivity index (χ3n) is 3.57. The standard InChI is InChI=1S/C21H17NO2/c1-2-16-9-6-7-13-19(16)20(15-17-10-8-14-22-17)21(23)24-18-11-4-3-5-12-18/h2-15,22H,1H2/b20-15+. The molecule has 0 spiro atoms. The monoisotopic (exact) mass is 315 g/mol. The van der Waals surface area contributed by atoms with E-state index in [4.69, 9.17) is 4.74 Å². The highest BCUT2D eigenvalue weighted by molar-refractivity contribution is 6.22. The third kappa shape index (κ3) is 3.52. The maximum Gasteiger partial charge on any atom is 0.344 e. The Kier molecular flexibility index (Phi) is 4.73. The first-order valence-electron chi connectivity index (χ1n) is 7.62. The summed E-state index contributed by atoms with van der Waals surface area (Å²) in [6.07, 6.45) is 5.33. The van der Waals surface area contributed by atoms with Crippen LogP contribution in [0.1, 0.15) is 16.8 Å². The van der Waals surface area contributed by atoms with Crippen LogP contribution in [0.2, 0.25) is 0 Å². The Morgan fingerprint density at radius 1 is 0.958 bits per heavy atom. The number of ether oxygens (including phenoxy) is 1. The van der Waals surface area contributed by atoms with E-state index < -0.39 is 5.97 Å². The van der Waals surface area contributed by atoms with Crippen LogP contribution in [0.15, 0.2) is 79.5 Å². The van der Waals surface area contributed by atoms with Crippen molar-refractivity contribution in [2.45, 2.75) is 0 Å². The van der Waals surface area contributed by atoms with E-state index in [1.165, 1.54) is 0 Å². The summed E-state index contributed by atoms with van der Waals surface area (Å²) in [5.74, 6) is 0.0982. The Bertz CT molecular complexity index is 862. The highest BCUT2D eigenvalue weighted by Gasteiger charge is 2.17. The largest absolute Gasteiger partial charge is 0.423 e. The molecular weight excluding hydrogens is 298 g/mol. The van der Waals surface area contributed by atoms with Gasteiger partial charge in [-0.25, -0.2) is 4.79 Å². The van der Waals surface area contributed by atoms with E-state index in [0.29, 0.717) is 11.3 Å². The highest BCUT2D eigenvalue weighted by atomic mass is 16.5. The molecule has 1 aromatic heterocycles. The van der Waals surface area contributed by atoms with Crippen LogP contribution in [-0.2, 0) is 4.79 Å². The molecule has 0 fully saturated rings. The Morgan fingerprint density at radius 2 is 1.71 bits per heavy atom. The molecule has 3 nitrogen and oxygen atoms in total. The molecule has 0 saturated carbocycles. The van der Waals surface area contributed by atoms with Gasteiger partial charge in [-0.15, -0.1) is 0 Å². The van der Waals surface area contributed by atoms with Gasteiger partial charge in [-0.3, -0.25) is 0 Å². The number of carbonyl (C=O) groups excluding carboxylic acids is 1. The summed E-state index contributed by atoms with van der Waals surface area (Å²) in [7, 11) is 0. The Morgan fingerprint density at radius 3 is 2.42 bits per heavy atom. The SMILES string of the molecule is C=Cc1ccccc1/C(=C\c1ccc[nH]1)C(=O)Oc1ccccc1. The van der Waals surface area contributed by atoms with Crippen LogP contribution in [0, 0.1) is 0 Å². The van der Waals surface area contributed by atoms with Crippen LogP contribution in [0.5, 0.6) is 5.75 Å². The lowest BCUT2D eigenvalue weighted by atomic mass is 9.98. The molecule has 0 saturated heterocycles. The lowest BCUT2D eigenvalue weighted by Gasteiger charge is -2.11. The summed E-state index contributed by atoms with van der Waals surface area (Å²) in [6.45, 7) is 3.83. The molecular formula is C21H17NO2. The number of para-hydroxylation sites is 1. The lowest BCUT2D eigenvalue weighted by molar-refractivity contribution is -0.127. The zero-order valence-electron chi connectivity index (χ0n) is 13.1. The molecule has 0 aliphatic carbocycles. The van der Waals surface area contributed by atoms with Gasteiger partial charge in [0, 0.05) is 11.9 Å². The highest BCUT2D eigenvalue weighted by Crippen LogP contribution is 2.25. The molecule has 118 valence electrons. The van der Waals surface area contributed by atoms with Crippen molar-refractivity contribution in [2.75, 3.05) is 0 Å². The molecule has 3 rings (SSSR count). The summed E-state index contributed by atoms with van der Waals surface area (Å²) in [5.41, 5.74) is 2.95. The first-order valence-corrected chi connectivity index (χ1v) is 7.62. The van der Waals surface area contributed by atoms with Crippen molar-refractivity contribution in [3.63, 3.8) is 0 Å². The van der Waals surface area contributed by atoms with E-state index in [1.807, 2.05) is 60.8 Å². The van der Waals surface area contributed by atoms with Crippen molar-refractivity contribution in [1.82, 2.24) is 4.98 Å². The quantitative estimate of drug-likeness (QED) is 0.417. The average molecular weight is 315 g/mol. The normalized spacial score (nSPS) is 11.1. The smallest absolute Gasteiger partial charge is 0.344 e. The zero-order valence-corrected chi connectivity index (χ0v) is 13.1. The van der Waals surface area contributed by atoms with E-state index in [-0.39, 0.29) is 0 Å². The average Bonchev–Trinajstić information content (AvgIpc) is 3.13. The number of benzene rings is 2. The second-order valence-electron chi connectivity index (χ2n) is 5.18. The number of nitrogens with one attached hydrogen (secondary N) is 1. The molecule has 0 amide bonds. The minimum absolute atomic E-state index is 0.412. The Balaban J connectivity index is 2.02. The number of H-pyrrole nitrogens is 1. The maximum atomic E-state index is 12.8. The molecule has 1 N–H and O–H groups in total. The molecule has 24 heavy (non-hydrogen) atoms. The van der Waals surface area contributed by atoms with Gasteiger partial charge in [0.2, 0.25) is 0 Å². The van der Waals surface area contributed by atoms with Gasteiger partial charge in [0.05, 0.1) is 5.57 Å². The second kappa shape index (κ2) is 7.29. The minimum Gasteiger partial charge on any atom is -0.423 e. The van der Waals surface area contributed by atoms with Crippen LogP contribution < -0.4 is 4.74 Å². The van der Waals surface area contributed by atoms with Gasteiger partial charge in [0.25, 0.3) is 0 Å². The molecule has 0 aliphatic heterocycles. The molecule has 3 aromatic rings. The maximum absolute atomic E-state index is 12.8. The summed E-state index contributed by atoms with van der Waals surface area (Å²) in [6, 6.07) is 20.4. The number of esters is 1. The fourth-order valence-corrected chi connectivity index (χ4v) is 2.41. The lowest BCUT2D eigenvalue weighted by Crippen LogP contribution is -2.11. The van der Waals surface area contributed by atoms with Gasteiger partial charge < -0.3 is 9.72 Å². The van der Waals surface area contributed by atoms with Gasteiger partial charge >= 0.3 is 5.97 Å². The van der Waals surface area contributed by atoms with E-state index in [2.05, 4.69) is 11.6 Å². The topological polar surface area (TPSA) is 42.1 Å². The predicted molar refractivity (Wildman–Crippen MR) is 97.3 cm³/mol. The van der Waals surface area contributed by atoms with Crippen LogP contribution in [0.25, 0.3) is 17.7 Å². The fourth-order valence-electron chi connectivity index (χ4n) is 2.41. The van der Waals surface area contributed by atoms with Crippen molar-refractivity contribution >= 4 is 23.7 Å². The first kappa shape index (κ1) is 15.6. The van der Waals surface area contributed by atoms with E-state index in [0.717, 1.165) is 16.8 Å². The zero-order chi connectivity index (χ0) is 16.8. The van der Waals surface area contributed by atoms with Gasteiger partial charge in [-0.05, 0) is 41.5 Å². The fraction of sp³-hybridized carbons (Fsp3) is 0. The number of hydrogen-bond donors (Lipinski definition) is 1.